The van der Waals surface area contributed by atoms with E-state index >= 15 is 0 Å². The number of carboxylic acids is 1. The second-order valence-electron chi connectivity index (χ2n) is 11.6. The van der Waals surface area contributed by atoms with Crippen LogP contribution in [0.1, 0.15) is 53.9 Å². The van der Waals surface area contributed by atoms with Gasteiger partial charge in [-0.3, -0.25) is 0 Å². The summed E-state index contributed by atoms with van der Waals surface area (Å²) in [6.45, 7) is 9.22. The van der Waals surface area contributed by atoms with E-state index in [9.17, 15) is 23.1 Å². The number of aromatic nitrogens is 2. The zero-order valence-corrected chi connectivity index (χ0v) is 28.6. The summed E-state index contributed by atoms with van der Waals surface area (Å²) in [5.41, 5.74) is 2.76. The van der Waals surface area contributed by atoms with E-state index in [4.69, 9.17) is 9.47 Å². The maximum absolute atomic E-state index is 13.4. The first-order valence-corrected chi connectivity index (χ1v) is 16.5. The standard InChI is InChI=1S/C33H35BrN4O7S/c1-20-9-7-10-21(2)29(20)26-18-28(36-31(35-26)37-46(42,43)25-12-8-11-23(17-25)30(39)40)44-27(22-13-15-24(34)16-14-22)19-38(6)32(41)45-33(3,4)5/h7-18,27H,19H2,1-6H3,(H,39,40)(H,35,36,37). The maximum atomic E-state index is 13.4. The van der Waals surface area contributed by atoms with Gasteiger partial charge in [0.05, 0.1) is 22.7 Å². The summed E-state index contributed by atoms with van der Waals surface area (Å²) in [6.07, 6.45) is -1.29. The zero-order valence-electron chi connectivity index (χ0n) is 26.2. The van der Waals surface area contributed by atoms with Crippen molar-refractivity contribution in [2.24, 2.45) is 0 Å². The molecule has 4 aromatic rings. The summed E-state index contributed by atoms with van der Waals surface area (Å²) < 4.78 is 42.0. The van der Waals surface area contributed by atoms with Crippen molar-refractivity contribution >= 4 is 44.0 Å². The van der Waals surface area contributed by atoms with Crippen LogP contribution in [-0.4, -0.2) is 59.6 Å². The molecule has 4 rings (SSSR count). The number of hydrogen-bond donors (Lipinski definition) is 2. The summed E-state index contributed by atoms with van der Waals surface area (Å²) in [6, 6.07) is 19.6. The molecular formula is C33H35BrN4O7S. The van der Waals surface area contributed by atoms with Crippen LogP contribution in [0.25, 0.3) is 11.3 Å². The van der Waals surface area contributed by atoms with Crippen LogP contribution in [0.15, 0.2) is 82.2 Å². The Morgan fingerprint density at radius 1 is 0.978 bits per heavy atom. The fraction of sp³-hybridized carbons (Fsp3) is 0.273. The molecule has 0 bridgehead atoms. The molecule has 3 aromatic carbocycles. The number of aryl methyl sites for hydroxylation is 2. The number of likely N-dealkylation sites (N-methyl/N-ethyl adjacent to an activating group) is 1. The van der Waals surface area contributed by atoms with Gasteiger partial charge in [0.1, 0.15) is 11.7 Å². The predicted molar refractivity (Wildman–Crippen MR) is 178 cm³/mol. The fourth-order valence-electron chi connectivity index (χ4n) is 4.55. The third kappa shape index (κ3) is 8.82. The lowest BCUT2D eigenvalue weighted by Crippen LogP contribution is -2.37. The normalized spacial score (nSPS) is 12.2. The molecule has 0 spiro atoms. The Morgan fingerprint density at radius 3 is 2.22 bits per heavy atom. The lowest BCUT2D eigenvalue weighted by molar-refractivity contribution is 0.0223. The average molecular weight is 712 g/mol. The van der Waals surface area contributed by atoms with Gasteiger partial charge in [-0.2, -0.15) is 4.98 Å². The summed E-state index contributed by atoms with van der Waals surface area (Å²) >= 11 is 3.44. The third-order valence-electron chi connectivity index (χ3n) is 6.71. The van der Waals surface area contributed by atoms with Gasteiger partial charge in [0.2, 0.25) is 11.8 Å². The Morgan fingerprint density at radius 2 is 1.61 bits per heavy atom. The molecule has 242 valence electrons. The van der Waals surface area contributed by atoms with Gasteiger partial charge in [-0.15, -0.1) is 0 Å². The third-order valence-corrected chi connectivity index (χ3v) is 8.56. The van der Waals surface area contributed by atoms with E-state index in [0.717, 1.165) is 32.8 Å². The number of ether oxygens (including phenoxy) is 2. The molecule has 0 aliphatic heterocycles. The van der Waals surface area contributed by atoms with Gasteiger partial charge in [-0.1, -0.05) is 52.3 Å². The van der Waals surface area contributed by atoms with Crippen molar-refractivity contribution in [1.82, 2.24) is 14.9 Å². The summed E-state index contributed by atoms with van der Waals surface area (Å²) in [7, 11) is -2.71. The predicted octanol–water partition coefficient (Wildman–Crippen LogP) is 7.01. The van der Waals surface area contributed by atoms with Gasteiger partial charge in [0.15, 0.2) is 0 Å². The van der Waals surface area contributed by atoms with Crippen LogP contribution in [0.2, 0.25) is 0 Å². The zero-order chi connectivity index (χ0) is 33.8. The van der Waals surface area contributed by atoms with Gasteiger partial charge in [-0.05, 0) is 81.6 Å². The van der Waals surface area contributed by atoms with Crippen molar-refractivity contribution in [2.45, 2.75) is 51.2 Å². The minimum absolute atomic E-state index is 0.0372. The second kappa shape index (κ2) is 13.9. The van der Waals surface area contributed by atoms with Crippen LogP contribution in [-0.2, 0) is 14.8 Å². The van der Waals surface area contributed by atoms with Crippen molar-refractivity contribution in [3.63, 3.8) is 0 Å². The number of sulfonamides is 1. The number of nitrogens with one attached hydrogen (secondary N) is 1. The van der Waals surface area contributed by atoms with Crippen LogP contribution >= 0.6 is 15.9 Å². The van der Waals surface area contributed by atoms with Crippen LogP contribution in [0.5, 0.6) is 5.88 Å². The molecule has 1 unspecified atom stereocenters. The van der Waals surface area contributed by atoms with Crippen LogP contribution in [0.3, 0.4) is 0 Å². The molecule has 1 amide bonds. The summed E-state index contributed by atoms with van der Waals surface area (Å²) in [5.74, 6) is -1.52. The van der Waals surface area contributed by atoms with Gasteiger partial charge in [-0.25, -0.2) is 27.7 Å². The lowest BCUT2D eigenvalue weighted by Gasteiger charge is -2.28. The van der Waals surface area contributed by atoms with E-state index in [1.54, 1.807) is 33.9 Å². The minimum Gasteiger partial charge on any atom is -0.478 e. The first kappa shape index (κ1) is 34.4. The van der Waals surface area contributed by atoms with Crippen LogP contribution < -0.4 is 9.46 Å². The van der Waals surface area contributed by atoms with Crippen molar-refractivity contribution in [3.8, 4) is 17.1 Å². The topological polar surface area (TPSA) is 148 Å². The monoisotopic (exact) mass is 710 g/mol. The van der Waals surface area contributed by atoms with E-state index in [2.05, 4.69) is 30.6 Å². The van der Waals surface area contributed by atoms with Gasteiger partial charge in [0, 0.05) is 23.2 Å². The molecule has 1 heterocycles. The van der Waals surface area contributed by atoms with Gasteiger partial charge >= 0.3 is 12.1 Å². The number of carbonyl (C=O) groups is 2. The number of rotatable bonds is 10. The highest BCUT2D eigenvalue weighted by Crippen LogP contribution is 2.32. The number of amides is 1. The Hall–Kier alpha value is -4.49. The van der Waals surface area contributed by atoms with Crippen molar-refractivity contribution in [2.75, 3.05) is 18.3 Å². The first-order valence-electron chi connectivity index (χ1n) is 14.2. The molecular weight excluding hydrogens is 676 g/mol. The highest BCUT2D eigenvalue weighted by molar-refractivity contribution is 9.10. The van der Waals surface area contributed by atoms with E-state index in [0.29, 0.717) is 5.69 Å². The Labute approximate surface area is 276 Å². The molecule has 0 aliphatic carbocycles. The first-order chi connectivity index (χ1) is 21.5. The molecule has 0 aliphatic rings. The van der Waals surface area contributed by atoms with Crippen molar-refractivity contribution < 1.29 is 32.6 Å². The van der Waals surface area contributed by atoms with E-state index < -0.39 is 33.8 Å². The lowest BCUT2D eigenvalue weighted by atomic mass is 10.00. The minimum atomic E-state index is -4.31. The number of anilines is 1. The molecule has 0 saturated heterocycles. The summed E-state index contributed by atoms with van der Waals surface area (Å²) in [5, 5.41) is 9.37. The van der Waals surface area contributed by atoms with Crippen molar-refractivity contribution in [3.05, 3.63) is 99.5 Å². The fourth-order valence-corrected chi connectivity index (χ4v) is 5.80. The SMILES string of the molecule is Cc1cccc(C)c1-c1cc(OC(CN(C)C(=O)OC(C)(C)C)c2ccc(Br)cc2)nc(NS(=O)(=O)c2cccc(C(=O)O)c2)n1. The Bertz CT molecular complexity index is 1840. The second-order valence-corrected chi connectivity index (χ2v) is 14.2. The molecule has 2 N–H and O–H groups in total. The molecule has 0 radical (unpaired) electrons. The number of carboxylic acid groups (broad SMARTS) is 1. The molecule has 0 fully saturated rings. The summed E-state index contributed by atoms with van der Waals surface area (Å²) in [4.78, 5) is 34.4. The molecule has 13 heteroatoms. The molecule has 1 aromatic heterocycles. The maximum Gasteiger partial charge on any atom is 0.410 e. The number of hydrogen-bond acceptors (Lipinski definition) is 8. The Balaban J connectivity index is 1.79. The van der Waals surface area contributed by atoms with E-state index in [1.807, 2.05) is 56.3 Å². The Kier molecular flexibility index (Phi) is 10.4. The van der Waals surface area contributed by atoms with E-state index in [1.165, 1.54) is 23.1 Å². The molecule has 1 atom stereocenters. The van der Waals surface area contributed by atoms with Crippen molar-refractivity contribution in [1.29, 1.82) is 0 Å². The number of benzene rings is 3. The molecule has 46 heavy (non-hydrogen) atoms. The largest absolute Gasteiger partial charge is 0.478 e. The van der Waals surface area contributed by atoms with Gasteiger partial charge in [0.25, 0.3) is 10.0 Å². The van der Waals surface area contributed by atoms with Gasteiger partial charge < -0.3 is 19.5 Å². The number of nitrogens with zero attached hydrogens (tertiary/aromatic N) is 3. The number of halogens is 1. The van der Waals surface area contributed by atoms with E-state index in [-0.39, 0.29) is 28.8 Å². The highest BCUT2D eigenvalue weighted by atomic mass is 79.9. The quantitative estimate of drug-likeness (QED) is 0.177. The van der Waals surface area contributed by atoms with Crippen LogP contribution in [0, 0.1) is 13.8 Å². The molecule has 11 nitrogen and oxygen atoms in total. The number of carbonyl (C=O) groups excluding carboxylic acids is 1. The number of aromatic carboxylic acids is 1. The highest BCUT2D eigenvalue weighted by Gasteiger charge is 2.26. The van der Waals surface area contributed by atoms with Crippen LogP contribution in [0.4, 0.5) is 10.7 Å². The smallest absolute Gasteiger partial charge is 0.410 e. The average Bonchev–Trinajstić information content (AvgIpc) is 2.96. The molecule has 0 saturated carbocycles.